The van der Waals surface area contributed by atoms with Gasteiger partial charge < -0.3 is 10.1 Å². The number of aromatic nitrogens is 2. The Morgan fingerprint density at radius 2 is 1.84 bits per heavy atom. The first-order valence-corrected chi connectivity index (χ1v) is 13.1. The lowest BCUT2D eigenvalue weighted by Crippen LogP contribution is -2.42. The van der Waals surface area contributed by atoms with Gasteiger partial charge in [0.15, 0.2) is 11.6 Å². The fourth-order valence-corrected chi connectivity index (χ4v) is 6.12. The molecule has 0 saturated heterocycles. The highest BCUT2D eigenvalue weighted by molar-refractivity contribution is 6.03. The summed E-state index contributed by atoms with van der Waals surface area (Å²) in [7, 11) is 1.51. The van der Waals surface area contributed by atoms with Crippen LogP contribution in [0.15, 0.2) is 60.2 Å². The van der Waals surface area contributed by atoms with Gasteiger partial charge in [0.25, 0.3) is 0 Å². The van der Waals surface area contributed by atoms with Crippen molar-refractivity contribution in [2.24, 2.45) is 10.8 Å². The molecule has 1 atom stereocenters. The first-order valence-electron chi connectivity index (χ1n) is 13.1. The Labute approximate surface area is 224 Å². The first-order chi connectivity index (χ1) is 17.8. The van der Waals surface area contributed by atoms with Crippen LogP contribution in [0.4, 0.5) is 10.2 Å². The maximum absolute atomic E-state index is 15.0. The molecule has 1 N–H and O–H groups in total. The number of Topliss-reactive ketones (excluding diaryl/α,β-unsaturated/α-hetero) is 1. The average molecular weight is 514 g/mol. The first kappa shape index (κ1) is 26.1. The molecular weight excluding hydrogens is 477 g/mol. The molecule has 1 aliphatic carbocycles. The van der Waals surface area contributed by atoms with Crippen molar-refractivity contribution in [2.45, 2.75) is 66.2 Å². The highest BCUT2D eigenvalue weighted by Gasteiger charge is 2.48. The quantitative estimate of drug-likeness (QED) is 0.398. The average Bonchev–Trinajstić information content (AvgIpc) is 2.82. The molecule has 5 rings (SSSR count). The molecule has 2 aliphatic rings. The van der Waals surface area contributed by atoms with E-state index in [-0.39, 0.29) is 16.6 Å². The van der Waals surface area contributed by atoms with Gasteiger partial charge in [0.1, 0.15) is 11.6 Å². The van der Waals surface area contributed by atoms with Crippen molar-refractivity contribution in [1.82, 2.24) is 9.97 Å². The maximum Gasteiger partial charge on any atom is 0.162 e. The number of halogens is 1. The summed E-state index contributed by atoms with van der Waals surface area (Å²) in [5.74, 6) is 0.813. The molecule has 1 aliphatic heterocycles. The van der Waals surface area contributed by atoms with Crippen LogP contribution in [-0.4, -0.2) is 22.9 Å². The summed E-state index contributed by atoms with van der Waals surface area (Å²) in [4.78, 5) is 22.7. The van der Waals surface area contributed by atoms with Crippen LogP contribution < -0.4 is 10.1 Å². The number of ether oxygens (including phenoxy) is 1. The van der Waals surface area contributed by atoms with E-state index in [1.165, 1.54) is 19.5 Å². The summed E-state index contributed by atoms with van der Waals surface area (Å²) < 4.78 is 20.5. The van der Waals surface area contributed by atoms with Gasteiger partial charge >= 0.3 is 0 Å². The van der Waals surface area contributed by atoms with Crippen LogP contribution in [0.5, 0.6) is 5.75 Å². The number of anilines is 1. The van der Waals surface area contributed by atoms with E-state index in [1.54, 1.807) is 0 Å². The second-order valence-electron chi connectivity index (χ2n) is 12.8. The summed E-state index contributed by atoms with van der Waals surface area (Å²) >= 11 is 0. The van der Waals surface area contributed by atoms with Gasteiger partial charge in [-0.25, -0.2) is 9.37 Å². The third kappa shape index (κ3) is 4.50. The topological polar surface area (TPSA) is 64.1 Å². The summed E-state index contributed by atoms with van der Waals surface area (Å²) in [5.41, 5.74) is 4.89. The Hall–Kier alpha value is -3.54. The Bertz CT molecular complexity index is 1470. The molecule has 0 radical (unpaired) electrons. The minimum Gasteiger partial charge on any atom is -0.494 e. The Morgan fingerprint density at radius 3 is 2.55 bits per heavy atom. The van der Waals surface area contributed by atoms with E-state index in [1.807, 2.05) is 30.5 Å². The van der Waals surface area contributed by atoms with Crippen molar-refractivity contribution in [3.8, 4) is 16.9 Å². The van der Waals surface area contributed by atoms with Crippen LogP contribution in [0.25, 0.3) is 11.1 Å². The molecule has 2 aromatic heterocycles. The Morgan fingerprint density at radius 1 is 1.08 bits per heavy atom. The molecule has 38 heavy (non-hydrogen) atoms. The number of carbonyl (C=O) groups is 1. The highest BCUT2D eigenvalue weighted by atomic mass is 19.1. The predicted molar refractivity (Wildman–Crippen MR) is 149 cm³/mol. The second kappa shape index (κ2) is 9.04. The zero-order valence-corrected chi connectivity index (χ0v) is 23.3. The molecule has 0 fully saturated rings. The Balaban J connectivity index is 1.76. The van der Waals surface area contributed by atoms with Gasteiger partial charge in [-0.15, -0.1) is 0 Å². The van der Waals surface area contributed by atoms with Crippen LogP contribution in [0.1, 0.15) is 71.1 Å². The number of ketones is 1. The van der Waals surface area contributed by atoms with Crippen molar-refractivity contribution in [1.29, 1.82) is 0 Å². The molecular formula is C32H36FN3O2. The smallest absolute Gasteiger partial charge is 0.162 e. The van der Waals surface area contributed by atoms with Gasteiger partial charge in [-0.05, 0) is 59.4 Å². The summed E-state index contributed by atoms with van der Waals surface area (Å²) in [6, 6.07) is 9.98. The van der Waals surface area contributed by atoms with Crippen LogP contribution in [0, 0.1) is 16.6 Å². The number of nitrogens with one attached hydrogen (secondary N) is 1. The van der Waals surface area contributed by atoms with Crippen LogP contribution in [-0.2, 0) is 16.6 Å². The molecule has 0 spiro atoms. The largest absolute Gasteiger partial charge is 0.494 e. The van der Waals surface area contributed by atoms with Crippen molar-refractivity contribution in [3.63, 3.8) is 0 Å². The zero-order valence-electron chi connectivity index (χ0n) is 23.3. The number of fused-ring (bicyclic) bond motifs is 1. The maximum atomic E-state index is 15.0. The van der Waals surface area contributed by atoms with Crippen LogP contribution in [0.2, 0.25) is 0 Å². The number of carbonyl (C=O) groups excluding carboxylic acids is 1. The monoisotopic (exact) mass is 513 g/mol. The minimum absolute atomic E-state index is 0.0822. The lowest BCUT2D eigenvalue weighted by atomic mass is 9.61. The van der Waals surface area contributed by atoms with Gasteiger partial charge in [0.05, 0.1) is 30.5 Å². The fraction of sp³-hybridized carbons (Fsp3) is 0.406. The number of rotatable bonds is 4. The number of benzene rings is 1. The molecule has 0 bridgehead atoms. The number of nitrogens with zero attached hydrogens (tertiary/aromatic N) is 2. The second-order valence-corrected chi connectivity index (χ2v) is 12.8. The number of hydrogen-bond donors (Lipinski definition) is 1. The molecule has 5 nitrogen and oxygen atoms in total. The lowest BCUT2D eigenvalue weighted by molar-refractivity contribution is -0.118. The van der Waals surface area contributed by atoms with E-state index >= 15 is 4.39 Å². The van der Waals surface area contributed by atoms with Crippen molar-refractivity contribution >= 4 is 11.6 Å². The zero-order chi connectivity index (χ0) is 27.5. The fourth-order valence-electron chi connectivity index (χ4n) is 6.12. The number of pyridine rings is 2. The predicted octanol–water partition coefficient (Wildman–Crippen LogP) is 7.25. The van der Waals surface area contributed by atoms with Crippen molar-refractivity contribution < 1.29 is 13.9 Å². The van der Waals surface area contributed by atoms with Gasteiger partial charge in [0, 0.05) is 29.5 Å². The van der Waals surface area contributed by atoms with Gasteiger partial charge in [-0.1, -0.05) is 52.8 Å². The summed E-state index contributed by atoms with van der Waals surface area (Å²) in [5, 5.41) is 3.53. The molecule has 0 saturated carbocycles. The molecule has 3 aromatic rings. The summed E-state index contributed by atoms with van der Waals surface area (Å²) in [6.07, 6.45) is 6.73. The van der Waals surface area contributed by atoms with E-state index in [0.29, 0.717) is 23.3 Å². The van der Waals surface area contributed by atoms with E-state index in [4.69, 9.17) is 9.72 Å². The van der Waals surface area contributed by atoms with Crippen LogP contribution in [0.3, 0.4) is 0 Å². The third-order valence-electron chi connectivity index (χ3n) is 7.68. The Kier molecular flexibility index (Phi) is 6.20. The molecule has 3 heterocycles. The van der Waals surface area contributed by atoms with E-state index in [2.05, 4.69) is 57.9 Å². The molecule has 6 heteroatoms. The lowest BCUT2D eigenvalue weighted by Gasteiger charge is -2.45. The third-order valence-corrected chi connectivity index (χ3v) is 7.68. The molecule has 0 amide bonds. The molecule has 1 aromatic carbocycles. The van der Waals surface area contributed by atoms with Crippen molar-refractivity contribution in [3.05, 3.63) is 82.7 Å². The highest BCUT2D eigenvalue weighted by Crippen LogP contribution is 2.52. The normalized spacial score (nSPS) is 20.5. The van der Waals surface area contributed by atoms with E-state index in [0.717, 1.165) is 46.6 Å². The SMILES string of the molecule is COc1cncc(F)c1-c1cccc([C@@]2(C)C3=C(CC(C)(C)CC3=O)Nc3ncc(CC(C)(C)C)cc32)c1. The minimum atomic E-state index is -0.767. The van der Waals surface area contributed by atoms with Crippen LogP contribution >= 0.6 is 0 Å². The van der Waals surface area contributed by atoms with Crippen molar-refractivity contribution in [2.75, 3.05) is 12.4 Å². The van der Waals surface area contributed by atoms with Gasteiger partial charge in [-0.2, -0.15) is 0 Å². The van der Waals surface area contributed by atoms with Gasteiger partial charge in [-0.3, -0.25) is 9.78 Å². The number of hydrogen-bond acceptors (Lipinski definition) is 5. The number of methoxy groups -OCH3 is 1. The van der Waals surface area contributed by atoms with E-state index < -0.39 is 11.2 Å². The standard InChI is InChI=1S/C32H36FN3O2/c1-30(2,3)13-19-11-22-29(35-16-19)36-24-14-31(4,5)15-25(37)28(24)32(22,6)21-10-8-9-20(12-21)27-23(33)17-34-18-26(27)38-7/h8-12,16-18H,13-15H2,1-7H3,(H,35,36)/t32-/m1/s1. The summed E-state index contributed by atoms with van der Waals surface area (Å²) in [6.45, 7) is 13.0. The van der Waals surface area contributed by atoms with Gasteiger partial charge in [0.2, 0.25) is 0 Å². The van der Waals surface area contributed by atoms with E-state index in [9.17, 15) is 4.79 Å². The molecule has 198 valence electrons. The molecule has 0 unspecified atom stereocenters. The number of allylic oxidation sites excluding steroid dienone is 2.